The third-order valence-electron chi connectivity index (χ3n) is 6.54. The van der Waals surface area contributed by atoms with Crippen molar-refractivity contribution in [1.29, 1.82) is 0 Å². The first-order valence-corrected chi connectivity index (χ1v) is 12.5. The van der Waals surface area contributed by atoms with Gasteiger partial charge in [0.2, 0.25) is 0 Å². The first-order valence-electron chi connectivity index (χ1n) is 12.1. The highest BCUT2D eigenvalue weighted by molar-refractivity contribution is 6.30. The fraction of sp³-hybridized carbons (Fsp3) is 0.357. The van der Waals surface area contributed by atoms with E-state index < -0.39 is 0 Å². The van der Waals surface area contributed by atoms with E-state index in [1.54, 1.807) is 6.07 Å². The molecule has 0 fully saturated rings. The number of carbonyl (C=O) groups excluding carboxylic acids is 1. The number of hydrogen-bond donors (Lipinski definition) is 2. The van der Waals surface area contributed by atoms with Gasteiger partial charge in [0, 0.05) is 46.9 Å². The van der Waals surface area contributed by atoms with Crippen LogP contribution in [0.2, 0.25) is 5.02 Å². The van der Waals surface area contributed by atoms with Crippen LogP contribution in [0.1, 0.15) is 65.2 Å². The van der Waals surface area contributed by atoms with E-state index in [1.165, 1.54) is 18.4 Å². The van der Waals surface area contributed by atoms with Gasteiger partial charge in [0.05, 0.1) is 0 Å². The van der Waals surface area contributed by atoms with E-state index in [9.17, 15) is 4.79 Å². The van der Waals surface area contributed by atoms with Crippen LogP contribution in [0.4, 0.5) is 11.4 Å². The molecule has 3 N–H and O–H groups in total. The highest BCUT2D eigenvalue weighted by Gasteiger charge is 2.28. The summed E-state index contributed by atoms with van der Waals surface area (Å²) in [5, 5.41) is 4.43. The van der Waals surface area contributed by atoms with Crippen LogP contribution in [-0.4, -0.2) is 24.0 Å². The molecule has 1 aliphatic rings. The van der Waals surface area contributed by atoms with Crippen LogP contribution in [-0.2, 0) is 6.42 Å². The van der Waals surface area contributed by atoms with Crippen LogP contribution in [0.5, 0.6) is 0 Å². The highest BCUT2D eigenvalue weighted by Crippen LogP contribution is 2.36. The number of nitrogen functional groups attached to an aromatic ring is 1. The van der Waals surface area contributed by atoms with Gasteiger partial charge in [-0.15, -0.1) is 0 Å². The molecule has 1 aliphatic heterocycles. The number of nitrogens with one attached hydrogen (secondary N) is 1. The average molecular weight is 477 g/mol. The first kappa shape index (κ1) is 24.2. The van der Waals surface area contributed by atoms with Crippen LogP contribution in [0.15, 0.2) is 60.9 Å². The van der Waals surface area contributed by atoms with Crippen LogP contribution >= 0.6 is 11.6 Å². The molecule has 0 bridgehead atoms. The van der Waals surface area contributed by atoms with Crippen molar-refractivity contribution >= 4 is 28.9 Å². The summed E-state index contributed by atoms with van der Waals surface area (Å²) in [5.41, 5.74) is 11.5. The molecule has 0 saturated carbocycles. The number of aryl methyl sites for hydroxylation is 2. The van der Waals surface area contributed by atoms with E-state index in [1.807, 2.05) is 54.5 Å². The maximum Gasteiger partial charge on any atom is 0.258 e. The second kappa shape index (κ2) is 11.5. The standard InChI is InChI=1S/C28H33ClN4O/c1-20-18-23(30)9-10-24(20)28(34)33-17-5-7-26(25-19-22(29)8-11-27(25)33)32-14-4-2-3-6-21-12-15-31-16-13-21/h8-13,15-16,18-19,26,32H,2-7,14,17,30H2,1H3. The Morgan fingerprint density at radius 3 is 2.74 bits per heavy atom. The first-order chi connectivity index (χ1) is 16.5. The molecule has 1 atom stereocenters. The quantitative estimate of drug-likeness (QED) is 0.304. The molecule has 2 heterocycles. The number of nitrogens with two attached hydrogens (primary N) is 1. The van der Waals surface area contributed by atoms with Gasteiger partial charge >= 0.3 is 0 Å². The van der Waals surface area contributed by atoms with Crippen molar-refractivity contribution in [3.05, 3.63) is 88.2 Å². The number of hydrogen-bond acceptors (Lipinski definition) is 4. The Bertz CT molecular complexity index is 1120. The zero-order chi connectivity index (χ0) is 23.9. The Labute approximate surface area is 207 Å². The molecule has 178 valence electrons. The number of benzene rings is 2. The molecule has 4 rings (SSSR count). The molecule has 5 nitrogen and oxygen atoms in total. The maximum absolute atomic E-state index is 13.5. The summed E-state index contributed by atoms with van der Waals surface area (Å²) in [5.74, 6) is 0.0119. The summed E-state index contributed by atoms with van der Waals surface area (Å²) in [6.07, 6.45) is 10.1. The third-order valence-corrected chi connectivity index (χ3v) is 6.77. The Kier molecular flexibility index (Phi) is 8.20. The number of amides is 1. The van der Waals surface area contributed by atoms with Gasteiger partial charge in [0.15, 0.2) is 0 Å². The van der Waals surface area contributed by atoms with Gasteiger partial charge in [0.25, 0.3) is 5.91 Å². The van der Waals surface area contributed by atoms with Crippen molar-refractivity contribution in [1.82, 2.24) is 10.3 Å². The Hall–Kier alpha value is -2.89. The second-order valence-electron chi connectivity index (χ2n) is 9.05. The van der Waals surface area contributed by atoms with Gasteiger partial charge in [-0.3, -0.25) is 9.78 Å². The van der Waals surface area contributed by atoms with Gasteiger partial charge in [-0.25, -0.2) is 0 Å². The molecule has 1 unspecified atom stereocenters. The summed E-state index contributed by atoms with van der Waals surface area (Å²) in [6, 6.07) is 15.7. The van der Waals surface area contributed by atoms with Crippen molar-refractivity contribution in [3.8, 4) is 0 Å². The number of anilines is 2. The monoisotopic (exact) mass is 476 g/mol. The number of nitrogens with zero attached hydrogens (tertiary/aromatic N) is 2. The number of carbonyl (C=O) groups is 1. The zero-order valence-corrected chi connectivity index (χ0v) is 20.5. The summed E-state index contributed by atoms with van der Waals surface area (Å²) in [6.45, 7) is 3.56. The molecule has 0 aliphatic carbocycles. The highest BCUT2D eigenvalue weighted by atomic mass is 35.5. The van der Waals surface area contributed by atoms with E-state index >= 15 is 0 Å². The normalized spacial score (nSPS) is 15.6. The van der Waals surface area contributed by atoms with Crippen molar-refractivity contribution in [2.45, 2.75) is 51.5 Å². The van der Waals surface area contributed by atoms with E-state index in [0.717, 1.165) is 49.0 Å². The second-order valence-corrected chi connectivity index (χ2v) is 9.49. The van der Waals surface area contributed by atoms with E-state index in [-0.39, 0.29) is 11.9 Å². The van der Waals surface area contributed by atoms with Crippen molar-refractivity contribution in [3.63, 3.8) is 0 Å². The lowest BCUT2D eigenvalue weighted by Gasteiger charge is -2.25. The fourth-order valence-corrected chi connectivity index (χ4v) is 4.91. The maximum atomic E-state index is 13.5. The molecule has 6 heteroatoms. The number of halogens is 1. The van der Waals surface area contributed by atoms with Crippen LogP contribution < -0.4 is 16.0 Å². The molecular formula is C28H33ClN4O. The lowest BCUT2D eigenvalue weighted by Crippen LogP contribution is -2.32. The zero-order valence-electron chi connectivity index (χ0n) is 19.8. The lowest BCUT2D eigenvalue weighted by molar-refractivity contribution is 0.0986. The van der Waals surface area contributed by atoms with Crippen molar-refractivity contribution in [2.75, 3.05) is 23.7 Å². The molecule has 1 amide bonds. The Morgan fingerprint density at radius 2 is 1.94 bits per heavy atom. The summed E-state index contributed by atoms with van der Waals surface area (Å²) in [4.78, 5) is 19.5. The number of pyridine rings is 1. The predicted molar refractivity (Wildman–Crippen MR) is 140 cm³/mol. The van der Waals surface area contributed by atoms with Gasteiger partial charge in [-0.2, -0.15) is 0 Å². The summed E-state index contributed by atoms with van der Waals surface area (Å²) >= 11 is 6.39. The van der Waals surface area contributed by atoms with Gasteiger partial charge in [0.1, 0.15) is 0 Å². The molecule has 0 radical (unpaired) electrons. The summed E-state index contributed by atoms with van der Waals surface area (Å²) in [7, 11) is 0. The summed E-state index contributed by atoms with van der Waals surface area (Å²) < 4.78 is 0. The molecule has 1 aromatic heterocycles. The SMILES string of the molecule is Cc1cc(N)ccc1C(=O)N1CCCC(NCCCCCc2ccncc2)c2cc(Cl)ccc21. The Morgan fingerprint density at radius 1 is 1.12 bits per heavy atom. The smallest absolute Gasteiger partial charge is 0.258 e. The predicted octanol–water partition coefficient (Wildman–Crippen LogP) is 6.11. The van der Waals surface area contributed by atoms with Crippen molar-refractivity contribution < 1.29 is 4.79 Å². The number of unbranched alkanes of at least 4 members (excludes halogenated alkanes) is 2. The molecule has 2 aromatic carbocycles. The topological polar surface area (TPSA) is 71.2 Å². The minimum Gasteiger partial charge on any atom is -0.399 e. The molecule has 0 saturated heterocycles. The Balaban J connectivity index is 1.41. The molecule has 34 heavy (non-hydrogen) atoms. The number of rotatable bonds is 8. The van der Waals surface area contributed by atoms with E-state index in [0.29, 0.717) is 22.8 Å². The van der Waals surface area contributed by atoms with E-state index in [2.05, 4.69) is 22.4 Å². The number of fused-ring (bicyclic) bond motifs is 1. The third kappa shape index (κ3) is 5.96. The minimum absolute atomic E-state index is 0.0119. The van der Waals surface area contributed by atoms with Gasteiger partial charge in [-0.1, -0.05) is 18.0 Å². The van der Waals surface area contributed by atoms with Gasteiger partial charge in [-0.05, 0) is 111 Å². The minimum atomic E-state index is 0.0119. The number of aromatic nitrogens is 1. The largest absolute Gasteiger partial charge is 0.399 e. The molecular weight excluding hydrogens is 444 g/mol. The average Bonchev–Trinajstić information content (AvgIpc) is 3.00. The molecule has 3 aromatic rings. The van der Waals surface area contributed by atoms with Gasteiger partial charge < -0.3 is 16.0 Å². The van der Waals surface area contributed by atoms with Crippen LogP contribution in [0.25, 0.3) is 0 Å². The van der Waals surface area contributed by atoms with Crippen LogP contribution in [0, 0.1) is 6.92 Å². The van der Waals surface area contributed by atoms with E-state index in [4.69, 9.17) is 17.3 Å². The lowest BCUT2D eigenvalue weighted by atomic mass is 10.0. The van der Waals surface area contributed by atoms with Crippen LogP contribution in [0.3, 0.4) is 0 Å². The molecule has 0 spiro atoms. The fourth-order valence-electron chi connectivity index (χ4n) is 4.73. The van der Waals surface area contributed by atoms with Crippen molar-refractivity contribution in [2.24, 2.45) is 0 Å².